The Kier molecular flexibility index (Phi) is 6.80. The molecular weight excluding hydrogens is 372 g/mol. The van der Waals surface area contributed by atoms with Crippen LogP contribution in [0.3, 0.4) is 0 Å². The van der Waals surface area contributed by atoms with Crippen molar-refractivity contribution in [2.45, 2.75) is 25.5 Å². The van der Waals surface area contributed by atoms with Crippen molar-refractivity contribution >= 4 is 5.91 Å². The van der Waals surface area contributed by atoms with Gasteiger partial charge >= 0.3 is 0 Å². The summed E-state index contributed by atoms with van der Waals surface area (Å²) in [6.45, 7) is 1.97. The summed E-state index contributed by atoms with van der Waals surface area (Å²) in [6.07, 6.45) is 4.34. The third kappa shape index (κ3) is 5.55. The van der Waals surface area contributed by atoms with Crippen molar-refractivity contribution in [1.82, 2.24) is 20.3 Å². The molecule has 0 radical (unpaired) electrons. The highest BCUT2D eigenvalue weighted by Gasteiger charge is 2.19. The molecule has 29 heavy (non-hydrogen) atoms. The third-order valence-corrected chi connectivity index (χ3v) is 4.45. The Morgan fingerprint density at radius 1 is 1.24 bits per heavy atom. The molecule has 0 saturated carbocycles. The number of hydrogen-bond acceptors (Lipinski definition) is 6. The number of aliphatic hydroxyl groups excluding tert-OH is 1. The number of benzene rings is 1. The van der Waals surface area contributed by atoms with Crippen LogP contribution in [0.25, 0.3) is 11.1 Å². The second kappa shape index (κ2) is 9.70. The van der Waals surface area contributed by atoms with Gasteiger partial charge in [0.05, 0.1) is 38.4 Å². The zero-order valence-electron chi connectivity index (χ0n) is 16.3. The maximum Gasteiger partial charge on any atom is 0.269 e. The Morgan fingerprint density at radius 3 is 2.76 bits per heavy atom. The molecule has 0 unspecified atom stereocenters. The summed E-state index contributed by atoms with van der Waals surface area (Å²) in [5.41, 5.74) is 2.26. The monoisotopic (exact) mass is 396 g/mol. The van der Waals surface area contributed by atoms with Gasteiger partial charge in [0, 0.05) is 24.2 Å². The van der Waals surface area contributed by atoms with Gasteiger partial charge in [-0.25, -0.2) is 9.97 Å². The highest BCUT2D eigenvalue weighted by Crippen LogP contribution is 2.24. The van der Waals surface area contributed by atoms with Crippen LogP contribution in [0, 0.1) is 0 Å². The van der Waals surface area contributed by atoms with E-state index in [9.17, 15) is 9.90 Å². The standard InChI is InChI=1S/C21H24N4O4/c1-14(26)18(25-21(27)19-12-22-13-24-19)8-9-29-17-5-3-4-15(10-17)16-6-7-20(28-2)23-11-16/h3-7,10-14,18,26H,8-9H2,1-2H3,(H,22,24)(H,25,27)/t14-,18+/m0/s1. The molecule has 2 heterocycles. The predicted octanol–water partition coefficient (Wildman–Crippen LogP) is 2.43. The number of pyridine rings is 1. The minimum atomic E-state index is -0.720. The van der Waals surface area contributed by atoms with Crippen LogP contribution in [0.15, 0.2) is 55.1 Å². The molecule has 0 bridgehead atoms. The largest absolute Gasteiger partial charge is 0.493 e. The predicted molar refractivity (Wildman–Crippen MR) is 108 cm³/mol. The Bertz CT molecular complexity index is 911. The smallest absolute Gasteiger partial charge is 0.269 e. The molecule has 0 aliphatic carbocycles. The summed E-state index contributed by atoms with van der Waals surface area (Å²) >= 11 is 0. The number of methoxy groups -OCH3 is 1. The van der Waals surface area contributed by atoms with Gasteiger partial charge in [-0.3, -0.25) is 4.79 Å². The third-order valence-electron chi connectivity index (χ3n) is 4.45. The second-order valence-corrected chi connectivity index (χ2v) is 6.54. The Morgan fingerprint density at radius 2 is 2.10 bits per heavy atom. The SMILES string of the molecule is COc1ccc(-c2cccc(OCC[C@@H](NC(=O)c3cnc[nH]3)[C@H](C)O)c2)cn1. The summed E-state index contributed by atoms with van der Waals surface area (Å²) in [5, 5.41) is 12.8. The van der Waals surface area contributed by atoms with E-state index in [2.05, 4.69) is 20.3 Å². The molecule has 2 atom stereocenters. The molecular formula is C21H24N4O4. The maximum absolute atomic E-state index is 12.2. The van der Waals surface area contributed by atoms with Gasteiger partial charge in [-0.15, -0.1) is 0 Å². The fourth-order valence-corrected chi connectivity index (χ4v) is 2.80. The molecule has 8 nitrogen and oxygen atoms in total. The zero-order chi connectivity index (χ0) is 20.6. The summed E-state index contributed by atoms with van der Waals surface area (Å²) in [6, 6.07) is 10.9. The van der Waals surface area contributed by atoms with Gasteiger partial charge in [-0.2, -0.15) is 0 Å². The van der Waals surface area contributed by atoms with Gasteiger partial charge in [0.1, 0.15) is 11.4 Å². The van der Waals surface area contributed by atoms with Crippen molar-refractivity contribution in [3.05, 3.63) is 60.8 Å². The Balaban J connectivity index is 1.57. The van der Waals surface area contributed by atoms with Crippen LogP contribution < -0.4 is 14.8 Å². The van der Waals surface area contributed by atoms with Crippen LogP contribution in [0.2, 0.25) is 0 Å². The topological polar surface area (TPSA) is 109 Å². The van der Waals surface area contributed by atoms with Gasteiger partial charge in [0.25, 0.3) is 5.91 Å². The number of ether oxygens (including phenoxy) is 2. The van der Waals surface area contributed by atoms with E-state index in [-0.39, 0.29) is 5.91 Å². The lowest BCUT2D eigenvalue weighted by atomic mass is 10.1. The van der Waals surface area contributed by atoms with E-state index in [0.29, 0.717) is 30.4 Å². The number of hydrogen-bond donors (Lipinski definition) is 3. The molecule has 0 aliphatic rings. The molecule has 0 spiro atoms. The van der Waals surface area contributed by atoms with Crippen LogP contribution in [-0.4, -0.2) is 51.8 Å². The number of imidazole rings is 1. The molecule has 2 aromatic heterocycles. The summed E-state index contributed by atoms with van der Waals surface area (Å²) in [5.74, 6) is 0.937. The molecule has 3 aromatic rings. The number of carbonyl (C=O) groups is 1. The number of aliphatic hydroxyl groups is 1. The van der Waals surface area contributed by atoms with Crippen molar-refractivity contribution in [3.63, 3.8) is 0 Å². The molecule has 8 heteroatoms. The first kappa shape index (κ1) is 20.3. The Labute approximate surface area is 168 Å². The lowest BCUT2D eigenvalue weighted by Crippen LogP contribution is -2.43. The molecule has 0 aliphatic heterocycles. The number of aromatic amines is 1. The number of nitrogens with zero attached hydrogens (tertiary/aromatic N) is 2. The fourth-order valence-electron chi connectivity index (χ4n) is 2.80. The fraction of sp³-hybridized carbons (Fsp3) is 0.286. The first-order chi connectivity index (χ1) is 14.1. The molecule has 0 fully saturated rings. The van der Waals surface area contributed by atoms with E-state index < -0.39 is 12.1 Å². The van der Waals surface area contributed by atoms with E-state index in [1.54, 1.807) is 26.3 Å². The van der Waals surface area contributed by atoms with Crippen molar-refractivity contribution in [2.75, 3.05) is 13.7 Å². The van der Waals surface area contributed by atoms with E-state index in [0.717, 1.165) is 11.1 Å². The summed E-state index contributed by atoms with van der Waals surface area (Å²) in [7, 11) is 1.58. The van der Waals surface area contributed by atoms with Gasteiger partial charge in [-0.05, 0) is 30.7 Å². The summed E-state index contributed by atoms with van der Waals surface area (Å²) in [4.78, 5) is 22.9. The number of carbonyl (C=O) groups excluding carboxylic acids is 1. The number of H-pyrrole nitrogens is 1. The number of rotatable bonds is 9. The molecule has 152 valence electrons. The van der Waals surface area contributed by atoms with Gasteiger partial charge in [-0.1, -0.05) is 12.1 Å². The van der Waals surface area contributed by atoms with Gasteiger partial charge in [0.15, 0.2) is 0 Å². The second-order valence-electron chi connectivity index (χ2n) is 6.54. The van der Waals surface area contributed by atoms with Crippen molar-refractivity contribution in [1.29, 1.82) is 0 Å². The first-order valence-corrected chi connectivity index (χ1v) is 9.27. The molecule has 1 aromatic carbocycles. The lowest BCUT2D eigenvalue weighted by molar-refractivity contribution is 0.0827. The van der Waals surface area contributed by atoms with Crippen LogP contribution in [0.4, 0.5) is 0 Å². The van der Waals surface area contributed by atoms with Crippen LogP contribution in [-0.2, 0) is 0 Å². The highest BCUT2D eigenvalue weighted by atomic mass is 16.5. The highest BCUT2D eigenvalue weighted by molar-refractivity contribution is 5.92. The minimum absolute atomic E-state index is 0.317. The van der Waals surface area contributed by atoms with Crippen molar-refractivity contribution in [3.8, 4) is 22.8 Å². The molecule has 0 saturated heterocycles. The molecule has 3 rings (SSSR count). The van der Waals surface area contributed by atoms with Crippen LogP contribution in [0.5, 0.6) is 11.6 Å². The average Bonchev–Trinajstić information content (AvgIpc) is 3.28. The van der Waals surface area contributed by atoms with E-state index in [1.165, 1.54) is 12.5 Å². The normalized spacial score (nSPS) is 12.8. The number of amides is 1. The van der Waals surface area contributed by atoms with Crippen LogP contribution >= 0.6 is 0 Å². The average molecular weight is 396 g/mol. The number of nitrogens with one attached hydrogen (secondary N) is 2. The van der Waals surface area contributed by atoms with E-state index in [4.69, 9.17) is 9.47 Å². The summed E-state index contributed by atoms with van der Waals surface area (Å²) < 4.78 is 10.9. The zero-order valence-corrected chi connectivity index (χ0v) is 16.3. The number of aromatic nitrogens is 3. The molecule has 3 N–H and O–H groups in total. The molecule has 1 amide bonds. The van der Waals surface area contributed by atoms with Gasteiger partial charge in [0.2, 0.25) is 5.88 Å². The Hall–Kier alpha value is -3.39. The minimum Gasteiger partial charge on any atom is -0.493 e. The van der Waals surface area contributed by atoms with E-state index >= 15 is 0 Å². The van der Waals surface area contributed by atoms with Crippen LogP contribution in [0.1, 0.15) is 23.8 Å². The van der Waals surface area contributed by atoms with E-state index in [1.807, 2.05) is 30.3 Å². The first-order valence-electron chi connectivity index (χ1n) is 9.27. The lowest BCUT2D eigenvalue weighted by Gasteiger charge is -2.21. The van der Waals surface area contributed by atoms with Crippen molar-refractivity contribution in [2.24, 2.45) is 0 Å². The maximum atomic E-state index is 12.2. The van der Waals surface area contributed by atoms with Crippen molar-refractivity contribution < 1.29 is 19.4 Å². The van der Waals surface area contributed by atoms with Gasteiger partial charge < -0.3 is 24.9 Å². The quantitative estimate of drug-likeness (QED) is 0.513.